The Labute approximate surface area is 80.7 Å². The Kier molecular flexibility index (Phi) is 3.16. The van der Waals surface area contributed by atoms with E-state index in [0.717, 1.165) is 6.07 Å². The lowest BCUT2D eigenvalue weighted by atomic mass is 10.0. The van der Waals surface area contributed by atoms with Crippen molar-refractivity contribution in [2.24, 2.45) is 5.73 Å². The van der Waals surface area contributed by atoms with E-state index in [1.165, 1.54) is 6.92 Å². The summed E-state index contributed by atoms with van der Waals surface area (Å²) in [7, 11) is 0. The second kappa shape index (κ2) is 4.00. The quantitative estimate of drug-likeness (QED) is 0.733. The number of halogens is 3. The smallest absolute Gasteiger partial charge is 0.165 e. The Morgan fingerprint density at radius 2 is 1.86 bits per heavy atom. The van der Waals surface area contributed by atoms with Gasteiger partial charge in [0.2, 0.25) is 0 Å². The van der Waals surface area contributed by atoms with E-state index in [1.807, 2.05) is 0 Å². The summed E-state index contributed by atoms with van der Waals surface area (Å²) in [5, 5.41) is 0. The molecule has 0 radical (unpaired) electrons. The third-order valence-corrected chi connectivity index (χ3v) is 1.96. The van der Waals surface area contributed by atoms with Crippen molar-refractivity contribution in [3.05, 3.63) is 34.6 Å². The van der Waals surface area contributed by atoms with Crippen LogP contribution in [0.4, 0.5) is 13.2 Å². The fourth-order valence-corrected chi connectivity index (χ4v) is 1.30. The number of hydrogen-bond acceptors (Lipinski definition) is 1. The third-order valence-electron chi connectivity index (χ3n) is 1.96. The summed E-state index contributed by atoms with van der Waals surface area (Å²) in [6.45, 7) is 3.00. The van der Waals surface area contributed by atoms with Gasteiger partial charge in [-0.3, -0.25) is 0 Å². The standard InChI is InChI=1S/C10H12F3N/c1-5-3-8(11)10(13)7(9(5)12)4-6(2)14/h3,6H,4,14H2,1-2H3. The zero-order valence-electron chi connectivity index (χ0n) is 8.07. The van der Waals surface area contributed by atoms with Crippen LogP contribution in [-0.4, -0.2) is 6.04 Å². The van der Waals surface area contributed by atoms with Gasteiger partial charge in [0.05, 0.1) is 0 Å². The van der Waals surface area contributed by atoms with Gasteiger partial charge in [-0.2, -0.15) is 0 Å². The third kappa shape index (κ3) is 2.07. The minimum absolute atomic E-state index is 0.00370. The minimum atomic E-state index is -1.13. The van der Waals surface area contributed by atoms with Gasteiger partial charge >= 0.3 is 0 Å². The fourth-order valence-electron chi connectivity index (χ4n) is 1.30. The van der Waals surface area contributed by atoms with Crippen LogP contribution in [0.15, 0.2) is 6.07 Å². The number of hydrogen-bond donors (Lipinski definition) is 1. The molecule has 0 spiro atoms. The molecule has 1 nitrogen and oxygen atoms in total. The number of rotatable bonds is 2. The average molecular weight is 203 g/mol. The van der Waals surface area contributed by atoms with Crippen LogP contribution < -0.4 is 5.73 Å². The van der Waals surface area contributed by atoms with Crippen LogP contribution >= 0.6 is 0 Å². The maximum Gasteiger partial charge on any atom is 0.165 e. The van der Waals surface area contributed by atoms with Crippen LogP contribution in [0.25, 0.3) is 0 Å². The topological polar surface area (TPSA) is 26.0 Å². The number of aryl methyl sites for hydroxylation is 1. The van der Waals surface area contributed by atoms with Crippen LogP contribution in [0.5, 0.6) is 0 Å². The van der Waals surface area contributed by atoms with Crippen molar-refractivity contribution in [2.75, 3.05) is 0 Å². The van der Waals surface area contributed by atoms with E-state index in [2.05, 4.69) is 0 Å². The molecule has 78 valence electrons. The van der Waals surface area contributed by atoms with Crippen molar-refractivity contribution < 1.29 is 13.2 Å². The van der Waals surface area contributed by atoms with E-state index in [0.29, 0.717) is 0 Å². The van der Waals surface area contributed by atoms with Crippen molar-refractivity contribution in [2.45, 2.75) is 26.3 Å². The highest BCUT2D eigenvalue weighted by Gasteiger charge is 2.17. The van der Waals surface area contributed by atoms with Gasteiger partial charge in [-0.15, -0.1) is 0 Å². The molecule has 4 heteroatoms. The molecule has 2 N–H and O–H groups in total. The van der Waals surface area contributed by atoms with Gasteiger partial charge in [0.15, 0.2) is 11.6 Å². The predicted octanol–water partition coefficient (Wildman–Crippen LogP) is 2.30. The zero-order valence-corrected chi connectivity index (χ0v) is 8.07. The van der Waals surface area contributed by atoms with Crippen molar-refractivity contribution in [3.63, 3.8) is 0 Å². The first kappa shape index (κ1) is 11.0. The van der Waals surface area contributed by atoms with Crippen molar-refractivity contribution in [3.8, 4) is 0 Å². The van der Waals surface area contributed by atoms with E-state index in [1.54, 1.807) is 6.92 Å². The Morgan fingerprint density at radius 3 is 2.36 bits per heavy atom. The molecule has 1 unspecified atom stereocenters. The Bertz CT molecular complexity index is 321. The van der Waals surface area contributed by atoms with Gasteiger partial charge in [0.25, 0.3) is 0 Å². The molecule has 0 bridgehead atoms. The minimum Gasteiger partial charge on any atom is -0.328 e. The van der Waals surface area contributed by atoms with Crippen molar-refractivity contribution in [1.29, 1.82) is 0 Å². The maximum absolute atomic E-state index is 13.3. The Balaban J connectivity index is 3.25. The average Bonchev–Trinajstić information content (AvgIpc) is 2.09. The van der Waals surface area contributed by atoms with Crippen LogP contribution in [0, 0.1) is 24.4 Å². The second-order valence-corrected chi connectivity index (χ2v) is 3.46. The van der Waals surface area contributed by atoms with Crippen molar-refractivity contribution in [1.82, 2.24) is 0 Å². The van der Waals surface area contributed by atoms with Gasteiger partial charge < -0.3 is 5.73 Å². The summed E-state index contributed by atoms with van der Waals surface area (Å²) in [6, 6.07) is 0.440. The lowest BCUT2D eigenvalue weighted by molar-refractivity contribution is 0.471. The molecule has 0 fully saturated rings. The summed E-state index contributed by atoms with van der Waals surface area (Å²) in [5.74, 6) is -2.87. The molecule has 0 saturated carbocycles. The molecule has 0 aliphatic rings. The molecular weight excluding hydrogens is 191 g/mol. The largest absolute Gasteiger partial charge is 0.328 e. The highest BCUT2D eigenvalue weighted by molar-refractivity contribution is 5.28. The van der Waals surface area contributed by atoms with Gasteiger partial charge in [-0.05, 0) is 31.9 Å². The van der Waals surface area contributed by atoms with E-state index in [9.17, 15) is 13.2 Å². The molecule has 14 heavy (non-hydrogen) atoms. The first-order valence-corrected chi connectivity index (χ1v) is 4.32. The van der Waals surface area contributed by atoms with Gasteiger partial charge in [-0.1, -0.05) is 0 Å². The molecule has 0 saturated heterocycles. The summed E-state index contributed by atoms with van der Waals surface area (Å²) in [4.78, 5) is 0. The maximum atomic E-state index is 13.3. The molecule has 0 aromatic heterocycles. The van der Waals surface area contributed by atoms with E-state index in [-0.39, 0.29) is 17.5 Å². The summed E-state index contributed by atoms with van der Waals surface area (Å²) in [5.41, 5.74) is 5.24. The molecular formula is C10H12F3N. The fraction of sp³-hybridized carbons (Fsp3) is 0.400. The van der Waals surface area contributed by atoms with Crippen LogP contribution in [0.3, 0.4) is 0 Å². The molecule has 1 aromatic carbocycles. The molecule has 1 rings (SSSR count). The zero-order chi connectivity index (χ0) is 10.9. The van der Waals surface area contributed by atoms with E-state index >= 15 is 0 Å². The van der Waals surface area contributed by atoms with E-state index < -0.39 is 23.5 Å². The Morgan fingerprint density at radius 1 is 1.29 bits per heavy atom. The normalized spacial score (nSPS) is 13.0. The Hall–Kier alpha value is -1.03. The van der Waals surface area contributed by atoms with Crippen LogP contribution in [-0.2, 0) is 6.42 Å². The second-order valence-electron chi connectivity index (χ2n) is 3.46. The molecule has 1 atom stereocenters. The summed E-state index contributed by atoms with van der Waals surface area (Å²) in [6.07, 6.45) is -0.00370. The predicted molar refractivity (Wildman–Crippen MR) is 48.4 cm³/mol. The highest BCUT2D eigenvalue weighted by atomic mass is 19.2. The molecule has 0 amide bonds. The number of benzene rings is 1. The summed E-state index contributed by atoms with van der Waals surface area (Å²) < 4.78 is 39.4. The SMILES string of the molecule is Cc1cc(F)c(F)c(CC(C)N)c1F. The highest BCUT2D eigenvalue weighted by Crippen LogP contribution is 2.20. The lowest BCUT2D eigenvalue weighted by Crippen LogP contribution is -2.20. The van der Waals surface area contributed by atoms with Gasteiger partial charge in [-0.25, -0.2) is 13.2 Å². The number of nitrogens with two attached hydrogens (primary N) is 1. The summed E-state index contributed by atoms with van der Waals surface area (Å²) >= 11 is 0. The lowest BCUT2D eigenvalue weighted by Gasteiger charge is -2.10. The molecule has 0 aliphatic carbocycles. The van der Waals surface area contributed by atoms with Gasteiger partial charge in [0.1, 0.15) is 5.82 Å². The first-order valence-electron chi connectivity index (χ1n) is 4.32. The van der Waals surface area contributed by atoms with E-state index in [4.69, 9.17) is 5.73 Å². The first-order chi connectivity index (χ1) is 6.43. The van der Waals surface area contributed by atoms with Crippen LogP contribution in [0.2, 0.25) is 0 Å². The monoisotopic (exact) mass is 203 g/mol. The van der Waals surface area contributed by atoms with Crippen molar-refractivity contribution >= 4 is 0 Å². The van der Waals surface area contributed by atoms with Gasteiger partial charge in [0, 0.05) is 11.6 Å². The molecule has 1 aromatic rings. The molecule has 0 heterocycles. The molecule has 0 aliphatic heterocycles. The van der Waals surface area contributed by atoms with Crippen LogP contribution in [0.1, 0.15) is 18.1 Å².